The largest absolute Gasteiger partial charge is 0.283 e. The molecule has 0 spiro atoms. The van der Waals surface area contributed by atoms with Crippen molar-refractivity contribution >= 4 is 85.2 Å². The average molecular weight is 693 g/mol. The summed E-state index contributed by atoms with van der Waals surface area (Å²) in [5.41, 5.74) is 3.81. The number of amides is 1. The van der Waals surface area contributed by atoms with Gasteiger partial charge in [0.05, 0.1) is 38.6 Å². The van der Waals surface area contributed by atoms with Crippen molar-refractivity contribution in [1.29, 1.82) is 0 Å². The van der Waals surface area contributed by atoms with Crippen molar-refractivity contribution in [2.24, 2.45) is 4.99 Å². The van der Waals surface area contributed by atoms with Gasteiger partial charge in [-0.2, -0.15) is 0 Å². The number of rotatable bonds is 19. The van der Waals surface area contributed by atoms with Gasteiger partial charge < -0.3 is 0 Å². The quantitative estimate of drug-likeness (QED) is 0.143. The lowest BCUT2D eigenvalue weighted by atomic mass is 10.0. The first-order chi connectivity index (χ1) is 20.6. The van der Waals surface area contributed by atoms with E-state index >= 15 is 0 Å². The van der Waals surface area contributed by atoms with Crippen molar-refractivity contribution < 1.29 is 13.2 Å². The van der Waals surface area contributed by atoms with Gasteiger partial charge in [-0.1, -0.05) is 137 Å². The number of anilines is 2. The number of carbonyl (C=O) groups is 1. The maximum atomic E-state index is 12.7. The van der Waals surface area contributed by atoms with Crippen molar-refractivity contribution in [1.82, 2.24) is 5.43 Å². The molecule has 1 saturated heterocycles. The smallest absolute Gasteiger partial charge is 0.253 e. The number of hydrazine groups is 1. The SMILES string of the molecule is CCCCCCCCCCCCCCCCS(=O)(=O)Nc1ccc(Cl)c(N=C2CC(=O)N(c3c(Cl)cc(Cl)cc3Cl)N2)c1. The number of unbranched alkanes of at least 4 members (excludes halogenated alkanes) is 13. The van der Waals surface area contributed by atoms with Gasteiger partial charge >= 0.3 is 0 Å². The number of carbonyl (C=O) groups excluding carboxylic acids is 1. The first-order valence-electron chi connectivity index (χ1n) is 15.2. The molecule has 2 aromatic rings. The molecule has 2 aromatic carbocycles. The van der Waals surface area contributed by atoms with Crippen LogP contribution < -0.4 is 15.2 Å². The van der Waals surface area contributed by atoms with Gasteiger partial charge in [0.2, 0.25) is 10.0 Å². The molecule has 0 aliphatic carbocycles. The lowest BCUT2D eigenvalue weighted by Crippen LogP contribution is -2.36. The molecule has 0 radical (unpaired) electrons. The fourth-order valence-electron chi connectivity index (χ4n) is 4.97. The van der Waals surface area contributed by atoms with Crippen LogP contribution in [0, 0.1) is 0 Å². The van der Waals surface area contributed by atoms with Crippen LogP contribution in [-0.4, -0.2) is 25.9 Å². The number of benzene rings is 2. The zero-order chi connectivity index (χ0) is 31.2. The third-order valence-electron chi connectivity index (χ3n) is 7.26. The van der Waals surface area contributed by atoms with Crippen LogP contribution >= 0.6 is 46.4 Å². The summed E-state index contributed by atoms with van der Waals surface area (Å²) >= 11 is 24.9. The molecule has 1 amide bonds. The Labute approximate surface area is 276 Å². The van der Waals surface area contributed by atoms with E-state index < -0.39 is 10.0 Å². The molecule has 1 aliphatic heterocycles. The molecular formula is C31H42Cl4N4O3S. The van der Waals surface area contributed by atoms with E-state index in [1.165, 1.54) is 87.4 Å². The van der Waals surface area contributed by atoms with Gasteiger partial charge in [-0.15, -0.1) is 0 Å². The van der Waals surface area contributed by atoms with Crippen LogP contribution in [0.4, 0.5) is 17.1 Å². The summed E-state index contributed by atoms with van der Waals surface area (Å²) in [6.45, 7) is 2.25. The predicted octanol–water partition coefficient (Wildman–Crippen LogP) is 10.5. The molecule has 43 heavy (non-hydrogen) atoms. The van der Waals surface area contributed by atoms with Crippen molar-refractivity contribution in [3.05, 3.63) is 50.4 Å². The van der Waals surface area contributed by atoms with Crippen LogP contribution in [0.25, 0.3) is 0 Å². The standard InChI is InChI=1S/C31H42Cl4N4O3S/c1-2-3-4-5-6-7-8-9-10-11-12-13-14-15-18-43(41,42)38-24-16-17-25(33)28(21-24)36-29-22-30(40)39(37-29)31-26(34)19-23(32)20-27(31)35/h16-17,19-21,38H,2-15,18,22H2,1H3,(H,36,37). The maximum absolute atomic E-state index is 12.7. The average Bonchev–Trinajstić information content (AvgIpc) is 3.29. The summed E-state index contributed by atoms with van der Waals surface area (Å²) in [4.78, 5) is 17.1. The molecule has 238 valence electrons. The fourth-order valence-corrected chi connectivity index (χ4v) is 7.29. The summed E-state index contributed by atoms with van der Waals surface area (Å²) in [6.07, 6.45) is 16.9. The van der Waals surface area contributed by atoms with Crippen molar-refractivity contribution in [2.45, 2.75) is 103 Å². The minimum atomic E-state index is -3.53. The molecule has 1 heterocycles. The van der Waals surface area contributed by atoms with Gasteiger partial charge in [-0.3, -0.25) is 14.9 Å². The Bertz CT molecular complexity index is 1330. The Morgan fingerprint density at radius 2 is 1.33 bits per heavy atom. The number of amidine groups is 1. The highest BCUT2D eigenvalue weighted by atomic mass is 35.5. The zero-order valence-corrected chi connectivity index (χ0v) is 28.6. The lowest BCUT2D eigenvalue weighted by molar-refractivity contribution is -0.116. The van der Waals surface area contributed by atoms with Gasteiger partial charge in [0, 0.05) is 5.02 Å². The van der Waals surface area contributed by atoms with E-state index in [0.29, 0.717) is 33.7 Å². The first-order valence-corrected chi connectivity index (χ1v) is 18.4. The summed E-state index contributed by atoms with van der Waals surface area (Å²) < 4.78 is 28.0. The summed E-state index contributed by atoms with van der Waals surface area (Å²) in [7, 11) is -3.53. The number of halogens is 4. The maximum Gasteiger partial charge on any atom is 0.253 e. The van der Waals surface area contributed by atoms with E-state index in [-0.39, 0.29) is 33.8 Å². The van der Waals surface area contributed by atoms with Crippen molar-refractivity contribution in [3.8, 4) is 0 Å². The number of nitrogens with zero attached hydrogens (tertiary/aromatic N) is 2. The number of nitrogens with one attached hydrogen (secondary N) is 2. The van der Waals surface area contributed by atoms with E-state index in [9.17, 15) is 13.2 Å². The van der Waals surface area contributed by atoms with Gasteiger partial charge in [0.1, 0.15) is 11.5 Å². The molecule has 12 heteroatoms. The topological polar surface area (TPSA) is 90.9 Å². The van der Waals surface area contributed by atoms with E-state index in [4.69, 9.17) is 46.4 Å². The van der Waals surface area contributed by atoms with Crippen LogP contribution in [0.15, 0.2) is 35.3 Å². The minimum Gasteiger partial charge on any atom is -0.283 e. The third kappa shape index (κ3) is 12.3. The molecule has 1 fully saturated rings. The van der Waals surface area contributed by atoms with E-state index in [1.807, 2.05) is 0 Å². The van der Waals surface area contributed by atoms with Crippen LogP contribution in [0.5, 0.6) is 0 Å². The second-order valence-corrected chi connectivity index (χ2v) is 14.5. The molecule has 0 bridgehead atoms. The highest BCUT2D eigenvalue weighted by molar-refractivity contribution is 7.92. The Balaban J connectivity index is 1.42. The molecule has 0 unspecified atom stereocenters. The molecule has 0 aromatic heterocycles. The highest BCUT2D eigenvalue weighted by Crippen LogP contribution is 2.37. The molecule has 3 rings (SSSR count). The Kier molecular flexibility index (Phi) is 15.2. The predicted molar refractivity (Wildman–Crippen MR) is 183 cm³/mol. The number of hydrogen-bond acceptors (Lipinski definition) is 4. The summed E-state index contributed by atoms with van der Waals surface area (Å²) in [6, 6.07) is 7.66. The van der Waals surface area contributed by atoms with Crippen LogP contribution in [0.3, 0.4) is 0 Å². The number of sulfonamides is 1. The minimum absolute atomic E-state index is 0.0468. The van der Waals surface area contributed by atoms with Crippen LogP contribution in [-0.2, 0) is 14.8 Å². The van der Waals surface area contributed by atoms with Gasteiger partial charge in [0.25, 0.3) is 5.91 Å². The zero-order valence-electron chi connectivity index (χ0n) is 24.7. The third-order valence-corrected chi connectivity index (χ3v) is 9.74. The van der Waals surface area contributed by atoms with E-state index in [1.54, 1.807) is 12.1 Å². The fraction of sp³-hybridized carbons (Fsp3) is 0.548. The Hall–Kier alpha value is -1.71. The number of aliphatic imine (C=N–C) groups is 1. The molecule has 0 atom stereocenters. The molecule has 7 nitrogen and oxygen atoms in total. The summed E-state index contributed by atoms with van der Waals surface area (Å²) in [5.74, 6) is 0.0212. The van der Waals surface area contributed by atoms with E-state index in [0.717, 1.165) is 19.3 Å². The Morgan fingerprint density at radius 3 is 1.88 bits per heavy atom. The number of hydrogen-bond donors (Lipinski definition) is 2. The van der Waals surface area contributed by atoms with E-state index in [2.05, 4.69) is 22.1 Å². The lowest BCUT2D eigenvalue weighted by Gasteiger charge is -2.19. The Morgan fingerprint density at radius 1 is 0.791 bits per heavy atom. The first kappa shape index (κ1) is 35.8. The van der Waals surface area contributed by atoms with Gasteiger partial charge in [-0.05, 0) is 36.8 Å². The van der Waals surface area contributed by atoms with Crippen LogP contribution in [0.2, 0.25) is 20.1 Å². The van der Waals surface area contributed by atoms with Crippen molar-refractivity contribution in [3.63, 3.8) is 0 Å². The van der Waals surface area contributed by atoms with Crippen LogP contribution in [0.1, 0.15) is 103 Å². The molecule has 0 saturated carbocycles. The van der Waals surface area contributed by atoms with Gasteiger partial charge in [0.15, 0.2) is 0 Å². The summed E-state index contributed by atoms with van der Waals surface area (Å²) in [5, 5.41) is 2.25. The monoisotopic (exact) mass is 690 g/mol. The second-order valence-electron chi connectivity index (χ2n) is 11.0. The molecular weight excluding hydrogens is 650 g/mol. The normalized spacial score (nSPS) is 14.5. The van der Waals surface area contributed by atoms with Gasteiger partial charge in [-0.25, -0.2) is 18.4 Å². The molecule has 2 N–H and O–H groups in total. The highest BCUT2D eigenvalue weighted by Gasteiger charge is 2.30. The molecule has 1 aliphatic rings. The second kappa shape index (κ2) is 18.3. The van der Waals surface area contributed by atoms with Crippen molar-refractivity contribution in [2.75, 3.05) is 15.5 Å².